The van der Waals surface area contributed by atoms with Gasteiger partial charge in [0.25, 0.3) is 0 Å². The molecule has 0 saturated heterocycles. The third-order valence-electron chi connectivity index (χ3n) is 2.57. The maximum Gasteiger partial charge on any atom is 0.341 e. The van der Waals surface area contributed by atoms with Crippen molar-refractivity contribution < 1.29 is 18.7 Å². The molecule has 1 heterocycles. The van der Waals surface area contributed by atoms with Crippen molar-refractivity contribution in [1.29, 1.82) is 0 Å². The number of esters is 1. The average molecular weight is 284 g/mol. The second-order valence-corrected chi connectivity index (χ2v) is 4.09. The summed E-state index contributed by atoms with van der Waals surface area (Å²) in [6, 6.07) is 2.61. The summed E-state index contributed by atoms with van der Waals surface area (Å²) in [6.07, 6.45) is 1.31. The highest BCUT2D eigenvalue weighted by Gasteiger charge is 2.17. The number of nitrogens with zero attached hydrogens (tertiary/aromatic N) is 1. The molecular weight excluding hydrogens is 273 g/mol. The highest BCUT2D eigenvalue weighted by Crippen LogP contribution is 2.30. The number of carbonyl (C=O) groups is 1. The molecule has 0 fully saturated rings. The second kappa shape index (κ2) is 5.40. The SMILES string of the molecule is CCOC(=O)c1cnc2cc(OC)c(F)cc2c1Cl. The van der Waals surface area contributed by atoms with Crippen LogP contribution in [0.2, 0.25) is 5.02 Å². The number of halogens is 2. The normalized spacial score (nSPS) is 10.5. The zero-order valence-corrected chi connectivity index (χ0v) is 11.1. The fraction of sp³-hybridized carbons (Fsp3) is 0.231. The van der Waals surface area contributed by atoms with Gasteiger partial charge in [0.1, 0.15) is 0 Å². The van der Waals surface area contributed by atoms with E-state index in [9.17, 15) is 9.18 Å². The molecule has 0 radical (unpaired) electrons. The minimum Gasteiger partial charge on any atom is -0.494 e. The third-order valence-corrected chi connectivity index (χ3v) is 2.98. The summed E-state index contributed by atoms with van der Waals surface area (Å²) in [7, 11) is 1.36. The van der Waals surface area contributed by atoms with E-state index < -0.39 is 11.8 Å². The molecule has 1 aromatic carbocycles. The molecule has 0 aliphatic rings. The van der Waals surface area contributed by atoms with Gasteiger partial charge in [0, 0.05) is 17.6 Å². The van der Waals surface area contributed by atoms with Crippen molar-refractivity contribution in [2.24, 2.45) is 0 Å². The maximum atomic E-state index is 13.7. The molecule has 0 saturated carbocycles. The first-order chi connectivity index (χ1) is 9.08. The van der Waals surface area contributed by atoms with Gasteiger partial charge in [0.2, 0.25) is 0 Å². The molecule has 0 atom stereocenters. The lowest BCUT2D eigenvalue weighted by molar-refractivity contribution is 0.0526. The average Bonchev–Trinajstić information content (AvgIpc) is 2.39. The van der Waals surface area contributed by atoms with Crippen LogP contribution in [0.15, 0.2) is 18.3 Å². The molecule has 2 aromatic rings. The van der Waals surface area contributed by atoms with Gasteiger partial charge in [-0.15, -0.1) is 0 Å². The van der Waals surface area contributed by atoms with Gasteiger partial charge >= 0.3 is 5.97 Å². The number of aromatic nitrogens is 1. The van der Waals surface area contributed by atoms with Crippen molar-refractivity contribution in [3.8, 4) is 5.75 Å². The molecule has 0 aliphatic heterocycles. The lowest BCUT2D eigenvalue weighted by Gasteiger charge is -2.08. The molecule has 19 heavy (non-hydrogen) atoms. The first kappa shape index (κ1) is 13.5. The quantitative estimate of drug-likeness (QED) is 0.812. The third kappa shape index (κ3) is 2.46. The zero-order chi connectivity index (χ0) is 14.0. The molecule has 4 nitrogen and oxygen atoms in total. The Kier molecular flexibility index (Phi) is 3.85. The number of ether oxygens (including phenoxy) is 2. The predicted octanol–water partition coefficient (Wildman–Crippen LogP) is 3.21. The van der Waals surface area contributed by atoms with Gasteiger partial charge in [0.05, 0.1) is 29.8 Å². The van der Waals surface area contributed by atoms with Crippen molar-refractivity contribution >= 4 is 28.5 Å². The summed E-state index contributed by atoms with van der Waals surface area (Å²) >= 11 is 6.09. The number of rotatable bonds is 3. The molecule has 0 amide bonds. The van der Waals surface area contributed by atoms with Gasteiger partial charge in [-0.2, -0.15) is 0 Å². The van der Waals surface area contributed by atoms with Crippen molar-refractivity contribution in [2.75, 3.05) is 13.7 Å². The Hall–Kier alpha value is -1.88. The Bertz CT molecular complexity index is 645. The van der Waals surface area contributed by atoms with Gasteiger partial charge in [-0.05, 0) is 13.0 Å². The molecular formula is C13H11ClFNO3. The van der Waals surface area contributed by atoms with Crippen LogP contribution >= 0.6 is 11.6 Å². The van der Waals surface area contributed by atoms with Gasteiger partial charge in [-0.25, -0.2) is 9.18 Å². The maximum absolute atomic E-state index is 13.7. The van der Waals surface area contributed by atoms with E-state index in [2.05, 4.69) is 4.98 Å². The Morgan fingerprint density at radius 1 is 1.47 bits per heavy atom. The summed E-state index contributed by atoms with van der Waals surface area (Å²) in [5, 5.41) is 0.454. The predicted molar refractivity (Wildman–Crippen MR) is 69.2 cm³/mol. The molecule has 1 aromatic heterocycles. The van der Waals surface area contributed by atoms with Crippen LogP contribution in [0, 0.1) is 5.82 Å². The molecule has 6 heteroatoms. The smallest absolute Gasteiger partial charge is 0.341 e. The van der Waals surface area contributed by atoms with Crippen LogP contribution in [-0.4, -0.2) is 24.7 Å². The molecule has 0 bridgehead atoms. The van der Waals surface area contributed by atoms with Crippen molar-refractivity contribution in [3.63, 3.8) is 0 Å². The van der Waals surface area contributed by atoms with Crippen LogP contribution in [0.5, 0.6) is 5.75 Å². The topological polar surface area (TPSA) is 48.4 Å². The number of hydrogen-bond donors (Lipinski definition) is 0. The van der Waals surface area contributed by atoms with E-state index in [1.807, 2.05) is 0 Å². The van der Waals surface area contributed by atoms with Gasteiger partial charge < -0.3 is 9.47 Å². The molecule has 0 aliphatic carbocycles. The summed E-state index contributed by atoms with van der Waals surface area (Å²) in [5.41, 5.74) is 0.553. The number of carbonyl (C=O) groups excluding carboxylic acids is 1. The molecule has 2 rings (SSSR count). The van der Waals surface area contributed by atoms with Crippen LogP contribution in [0.4, 0.5) is 4.39 Å². The fourth-order valence-corrected chi connectivity index (χ4v) is 1.95. The summed E-state index contributed by atoms with van der Waals surface area (Å²) in [4.78, 5) is 15.7. The largest absolute Gasteiger partial charge is 0.494 e. The van der Waals surface area contributed by atoms with Crippen LogP contribution in [-0.2, 0) is 4.74 Å². The standard InChI is InChI=1S/C13H11ClFNO3/c1-3-19-13(17)8-6-16-10-5-11(18-2)9(15)4-7(10)12(8)14/h4-6H,3H2,1-2H3. The van der Waals surface area contributed by atoms with E-state index in [-0.39, 0.29) is 22.9 Å². The van der Waals surface area contributed by atoms with E-state index in [0.29, 0.717) is 10.9 Å². The highest BCUT2D eigenvalue weighted by molar-refractivity contribution is 6.38. The minimum absolute atomic E-state index is 0.0694. The van der Waals surface area contributed by atoms with Crippen molar-refractivity contribution in [2.45, 2.75) is 6.92 Å². The number of pyridine rings is 1. The summed E-state index contributed by atoms with van der Waals surface area (Å²) in [5.74, 6) is -1.09. The molecule has 0 N–H and O–H groups in total. The monoisotopic (exact) mass is 283 g/mol. The van der Waals surface area contributed by atoms with E-state index in [1.165, 1.54) is 25.4 Å². The molecule has 0 spiro atoms. The second-order valence-electron chi connectivity index (χ2n) is 3.71. The number of methoxy groups -OCH3 is 1. The molecule has 100 valence electrons. The zero-order valence-electron chi connectivity index (χ0n) is 10.4. The van der Waals surface area contributed by atoms with E-state index in [0.717, 1.165) is 0 Å². The Morgan fingerprint density at radius 2 is 2.21 bits per heavy atom. The Balaban J connectivity index is 2.61. The lowest BCUT2D eigenvalue weighted by atomic mass is 10.1. The highest BCUT2D eigenvalue weighted by atomic mass is 35.5. The van der Waals surface area contributed by atoms with Crippen LogP contribution in [0.25, 0.3) is 10.9 Å². The van der Waals surface area contributed by atoms with E-state index in [4.69, 9.17) is 21.1 Å². The van der Waals surface area contributed by atoms with Gasteiger partial charge in [0.15, 0.2) is 11.6 Å². The van der Waals surface area contributed by atoms with Crippen LogP contribution in [0.1, 0.15) is 17.3 Å². The van der Waals surface area contributed by atoms with E-state index in [1.54, 1.807) is 6.92 Å². The van der Waals surface area contributed by atoms with Crippen molar-refractivity contribution in [3.05, 3.63) is 34.7 Å². The fourth-order valence-electron chi connectivity index (χ4n) is 1.67. The summed E-state index contributed by atoms with van der Waals surface area (Å²) in [6.45, 7) is 1.91. The van der Waals surface area contributed by atoms with Crippen molar-refractivity contribution in [1.82, 2.24) is 4.98 Å². The minimum atomic E-state index is -0.585. The number of hydrogen-bond acceptors (Lipinski definition) is 4. The first-order valence-electron chi connectivity index (χ1n) is 5.57. The Labute approximate surface area is 114 Å². The van der Waals surface area contributed by atoms with Crippen LogP contribution < -0.4 is 4.74 Å². The number of fused-ring (bicyclic) bond motifs is 1. The Morgan fingerprint density at radius 3 is 2.84 bits per heavy atom. The van der Waals surface area contributed by atoms with Gasteiger partial charge in [-0.1, -0.05) is 11.6 Å². The lowest BCUT2D eigenvalue weighted by Crippen LogP contribution is -2.06. The molecule has 0 unspecified atom stereocenters. The van der Waals surface area contributed by atoms with Gasteiger partial charge in [-0.3, -0.25) is 4.98 Å². The van der Waals surface area contributed by atoms with E-state index >= 15 is 0 Å². The first-order valence-corrected chi connectivity index (χ1v) is 5.95. The van der Waals surface area contributed by atoms with Crippen LogP contribution in [0.3, 0.4) is 0 Å². The number of benzene rings is 1. The summed E-state index contributed by atoms with van der Waals surface area (Å²) < 4.78 is 23.4.